The molecule has 134 valence electrons. The lowest BCUT2D eigenvalue weighted by atomic mass is 10.1. The lowest BCUT2D eigenvalue weighted by Crippen LogP contribution is -2.17. The van der Waals surface area contributed by atoms with Gasteiger partial charge in [-0.3, -0.25) is 4.79 Å². The van der Waals surface area contributed by atoms with Gasteiger partial charge in [-0.1, -0.05) is 54.5 Å². The average Bonchev–Trinajstić information content (AvgIpc) is 2.41. The Bertz CT molecular complexity index is 262. The van der Waals surface area contributed by atoms with Gasteiger partial charge in [0, 0.05) is 12.3 Å². The summed E-state index contributed by atoms with van der Waals surface area (Å²) in [4.78, 5) is 20.3. The summed E-state index contributed by atoms with van der Waals surface area (Å²) in [5, 5.41) is 0. The van der Waals surface area contributed by atoms with Crippen molar-refractivity contribution >= 4 is 11.7 Å². The maximum atomic E-state index is 10.4. The second-order valence-corrected chi connectivity index (χ2v) is 5.65. The lowest BCUT2D eigenvalue weighted by Gasteiger charge is -1.98. The number of allylic oxidation sites excluding steroid dienone is 1. The summed E-state index contributed by atoms with van der Waals surface area (Å²) in [6, 6.07) is 0. The van der Waals surface area contributed by atoms with Gasteiger partial charge in [-0.15, -0.1) is 6.58 Å². The fourth-order valence-electron chi connectivity index (χ4n) is 0.870. The van der Waals surface area contributed by atoms with Crippen LogP contribution in [0.4, 0.5) is 0 Å². The van der Waals surface area contributed by atoms with Crippen LogP contribution in [0.25, 0.3) is 0 Å². The Kier molecular flexibility index (Phi) is 29.1. The molecule has 0 bridgehead atoms. The van der Waals surface area contributed by atoms with Crippen LogP contribution in [-0.4, -0.2) is 18.2 Å². The van der Waals surface area contributed by atoms with Crippen molar-refractivity contribution in [3.63, 3.8) is 0 Å². The zero-order chi connectivity index (χ0) is 18.7. The zero-order valence-corrected chi connectivity index (χ0v) is 16.1. The molecule has 0 aliphatic carbocycles. The maximum absolute atomic E-state index is 10.4. The minimum Gasteiger partial charge on any atom is -0.369 e. The number of nitrogens with two attached hydrogens (primary N) is 2. The average molecular weight is 317 g/mol. The van der Waals surface area contributed by atoms with E-state index in [-0.39, 0.29) is 17.6 Å². The minimum absolute atomic E-state index is 0.00926. The molecule has 0 saturated heterocycles. The Hall–Kier alpha value is -1.16. The van der Waals surface area contributed by atoms with Crippen LogP contribution >= 0.6 is 0 Å². The number of primary amides is 1. The smallest absolute Gasteiger partial charge is 0.219 e. The van der Waals surface area contributed by atoms with E-state index in [0.717, 1.165) is 18.9 Å². The van der Waals surface area contributed by atoms with Gasteiger partial charge in [0.1, 0.15) is 5.78 Å². The van der Waals surface area contributed by atoms with E-state index >= 15 is 0 Å². The molecule has 0 aliphatic rings. The third-order valence-electron chi connectivity index (χ3n) is 2.32. The van der Waals surface area contributed by atoms with Crippen LogP contribution in [0.1, 0.15) is 68.2 Å². The fourth-order valence-corrected chi connectivity index (χ4v) is 0.870. The molecule has 4 heteroatoms. The molecule has 0 aromatic heterocycles. The van der Waals surface area contributed by atoms with Crippen LogP contribution in [0.5, 0.6) is 0 Å². The molecule has 0 rings (SSSR count). The molecule has 0 heterocycles. The Morgan fingerprint density at radius 3 is 1.50 bits per heavy atom. The number of ketones is 1. The normalized spacial score (nSPS) is 10.1. The van der Waals surface area contributed by atoms with Crippen molar-refractivity contribution in [2.75, 3.05) is 6.54 Å². The number of carbonyl (C=O) groups excluding carboxylic acids is 2. The van der Waals surface area contributed by atoms with Gasteiger partial charge in [0.2, 0.25) is 5.91 Å². The highest BCUT2D eigenvalue weighted by Gasteiger charge is 1.97. The van der Waals surface area contributed by atoms with E-state index in [0.29, 0.717) is 12.3 Å². The van der Waals surface area contributed by atoms with Crippen LogP contribution in [0.2, 0.25) is 0 Å². The fraction of sp³-hybridized carbons (Fsp3) is 0.778. The van der Waals surface area contributed by atoms with Crippen LogP contribution in [0.15, 0.2) is 12.7 Å². The third-order valence-corrected chi connectivity index (χ3v) is 2.32. The van der Waals surface area contributed by atoms with Crippen molar-refractivity contribution in [1.29, 1.82) is 0 Å². The molecule has 0 aromatic rings. The molecule has 0 aromatic carbocycles. The van der Waals surface area contributed by atoms with Gasteiger partial charge in [-0.05, 0) is 31.7 Å². The van der Waals surface area contributed by atoms with E-state index in [1.54, 1.807) is 26.8 Å². The highest BCUT2D eigenvalue weighted by Crippen LogP contribution is 2.01. The van der Waals surface area contributed by atoms with Gasteiger partial charge in [0.25, 0.3) is 0 Å². The standard InChI is InChI=1S/C7H12O.C5H13N.C4H9NO.C2H6/c1-4-6(2)5-7(3)8;1-5(2)3-4-6;1-3(2)4(5)6;1-2/h4,6H,1,5H2,2-3H3;5H,3-4,6H2,1-2H3;3H,1-2H3,(H2,5,6);1-2H3. The predicted molar refractivity (Wildman–Crippen MR) is 98.5 cm³/mol. The molecular weight excluding hydrogens is 276 g/mol. The SMILES string of the molecule is C=CC(C)CC(C)=O.CC.CC(C)C(N)=O.CC(C)CCN. The van der Waals surface area contributed by atoms with Gasteiger partial charge < -0.3 is 16.3 Å². The van der Waals surface area contributed by atoms with Gasteiger partial charge in [0.05, 0.1) is 0 Å². The van der Waals surface area contributed by atoms with Gasteiger partial charge in [-0.2, -0.15) is 0 Å². The van der Waals surface area contributed by atoms with Crippen molar-refractivity contribution in [3.05, 3.63) is 12.7 Å². The molecule has 0 saturated carbocycles. The Balaban J connectivity index is -0.000000106. The molecule has 0 fully saturated rings. The summed E-state index contributed by atoms with van der Waals surface area (Å²) >= 11 is 0. The highest BCUT2D eigenvalue weighted by molar-refractivity contribution is 5.76. The number of rotatable bonds is 6. The van der Waals surface area contributed by atoms with Gasteiger partial charge in [-0.25, -0.2) is 0 Å². The van der Waals surface area contributed by atoms with Crippen LogP contribution in [-0.2, 0) is 9.59 Å². The van der Waals surface area contributed by atoms with Crippen molar-refractivity contribution in [3.8, 4) is 0 Å². The van der Waals surface area contributed by atoms with Crippen LogP contribution in [0, 0.1) is 17.8 Å². The lowest BCUT2D eigenvalue weighted by molar-refractivity contribution is -0.120. The molecule has 1 atom stereocenters. The third kappa shape index (κ3) is 42.8. The van der Waals surface area contributed by atoms with Gasteiger partial charge >= 0.3 is 0 Å². The molecule has 1 amide bonds. The van der Waals surface area contributed by atoms with Crippen molar-refractivity contribution in [2.24, 2.45) is 29.2 Å². The Morgan fingerprint density at radius 2 is 1.45 bits per heavy atom. The van der Waals surface area contributed by atoms with E-state index in [4.69, 9.17) is 11.5 Å². The van der Waals surface area contributed by atoms with E-state index in [1.165, 1.54) is 0 Å². The zero-order valence-electron chi connectivity index (χ0n) is 16.1. The second kappa shape index (κ2) is 22.1. The first kappa shape index (κ1) is 28.9. The molecule has 4 N–H and O–H groups in total. The largest absolute Gasteiger partial charge is 0.369 e. The number of Topliss-reactive ketones (excluding diaryl/α,β-unsaturated/α-hetero) is 1. The van der Waals surface area contributed by atoms with Crippen molar-refractivity contribution in [1.82, 2.24) is 0 Å². The van der Waals surface area contributed by atoms with E-state index < -0.39 is 0 Å². The molecule has 0 radical (unpaired) electrons. The predicted octanol–water partition coefficient (Wildman–Crippen LogP) is 3.93. The second-order valence-electron chi connectivity index (χ2n) is 5.65. The summed E-state index contributed by atoms with van der Waals surface area (Å²) < 4.78 is 0. The summed E-state index contributed by atoms with van der Waals surface area (Å²) in [5.74, 6) is 1.10. The summed E-state index contributed by atoms with van der Waals surface area (Å²) in [7, 11) is 0. The number of hydrogen-bond donors (Lipinski definition) is 2. The summed E-state index contributed by atoms with van der Waals surface area (Å²) in [5.41, 5.74) is 10.0. The first-order valence-electron chi connectivity index (χ1n) is 8.19. The number of amides is 1. The molecule has 22 heavy (non-hydrogen) atoms. The summed E-state index contributed by atoms with van der Waals surface area (Å²) in [6.07, 6.45) is 3.57. The first-order chi connectivity index (χ1) is 10.1. The van der Waals surface area contributed by atoms with E-state index in [2.05, 4.69) is 20.4 Å². The Morgan fingerprint density at radius 1 is 1.09 bits per heavy atom. The maximum Gasteiger partial charge on any atom is 0.219 e. The van der Waals surface area contributed by atoms with Crippen LogP contribution in [0.3, 0.4) is 0 Å². The molecule has 0 aliphatic heterocycles. The van der Waals surface area contributed by atoms with Crippen LogP contribution < -0.4 is 11.5 Å². The molecular formula is C18H40N2O2. The number of hydrogen-bond acceptors (Lipinski definition) is 3. The van der Waals surface area contributed by atoms with Crippen molar-refractivity contribution in [2.45, 2.75) is 68.2 Å². The molecule has 4 nitrogen and oxygen atoms in total. The Labute approximate surface area is 138 Å². The monoisotopic (exact) mass is 316 g/mol. The number of carbonyl (C=O) groups is 2. The topological polar surface area (TPSA) is 86.2 Å². The van der Waals surface area contributed by atoms with E-state index in [9.17, 15) is 9.59 Å². The molecule has 1 unspecified atom stereocenters. The van der Waals surface area contributed by atoms with Crippen molar-refractivity contribution < 1.29 is 9.59 Å². The first-order valence-corrected chi connectivity index (χ1v) is 8.19. The van der Waals surface area contributed by atoms with E-state index in [1.807, 2.05) is 20.8 Å². The highest BCUT2D eigenvalue weighted by atomic mass is 16.1. The summed E-state index contributed by atoms with van der Waals surface area (Å²) in [6.45, 7) is 19.8. The molecule has 0 spiro atoms. The minimum atomic E-state index is -0.241. The quantitative estimate of drug-likeness (QED) is 0.728. The van der Waals surface area contributed by atoms with Gasteiger partial charge in [0.15, 0.2) is 0 Å².